The Morgan fingerprint density at radius 1 is 1.29 bits per heavy atom. The molecular weight excluding hydrogens is 551 g/mol. The van der Waals surface area contributed by atoms with E-state index in [1.807, 2.05) is 13.8 Å². The van der Waals surface area contributed by atoms with E-state index in [4.69, 9.17) is 15.2 Å². The molecule has 1 fully saturated rings. The molecule has 3 N–H and O–H groups in total. The summed E-state index contributed by atoms with van der Waals surface area (Å²) < 4.78 is 53.3. The Labute approximate surface area is 241 Å². The van der Waals surface area contributed by atoms with Crippen molar-refractivity contribution in [3.8, 4) is 0 Å². The van der Waals surface area contributed by atoms with Gasteiger partial charge in [-0.15, -0.1) is 0 Å². The molecule has 0 aromatic carbocycles. The topological polar surface area (TPSA) is 119 Å². The van der Waals surface area contributed by atoms with Crippen molar-refractivity contribution in [1.29, 1.82) is 0 Å². The van der Waals surface area contributed by atoms with E-state index in [9.17, 15) is 22.8 Å². The Balaban J connectivity index is 1.24. The average molecular weight is 584 g/mol. The third-order valence-corrected chi connectivity index (χ3v) is 7.47. The van der Waals surface area contributed by atoms with Gasteiger partial charge in [-0.05, 0) is 67.8 Å². The van der Waals surface area contributed by atoms with Crippen molar-refractivity contribution in [2.75, 3.05) is 38.6 Å². The van der Waals surface area contributed by atoms with Crippen LogP contribution in [-0.4, -0.2) is 72.0 Å². The summed E-state index contributed by atoms with van der Waals surface area (Å²) in [5, 5.41) is 2.63. The molecule has 222 valence electrons. The Morgan fingerprint density at radius 2 is 2.10 bits per heavy atom. The molecule has 1 aromatic heterocycles. The fraction of sp³-hybridized carbons (Fsp3) is 0.400. The molecule has 5 rings (SSSR count). The number of halogens is 3. The standard InChI is InChI=1S/C30H32F3N5O4/c1-29(2)17-41-10-9-38(29)28(40)19-5-6-24(35-15-19)20-11-21-12-22(42-27(21)23(13-20)30(31,32)33)16-37-26(39)8-4-18-3-7-25(34)36-14-18/h3-8,12-14,19,21H,9-11,15-17H2,1-2H3,(H2,34,36)(H,37,39). The van der Waals surface area contributed by atoms with E-state index in [1.165, 1.54) is 12.3 Å². The van der Waals surface area contributed by atoms with Gasteiger partial charge in [0.1, 0.15) is 17.3 Å². The predicted octanol–water partition coefficient (Wildman–Crippen LogP) is 3.73. The number of aromatic nitrogens is 1. The molecule has 1 aromatic rings. The number of ether oxygens (including phenoxy) is 2. The smallest absolute Gasteiger partial charge is 0.419 e. The summed E-state index contributed by atoms with van der Waals surface area (Å²) >= 11 is 0. The van der Waals surface area contributed by atoms with Crippen LogP contribution < -0.4 is 11.1 Å². The van der Waals surface area contributed by atoms with Crippen LogP contribution in [0.25, 0.3) is 6.08 Å². The molecule has 2 unspecified atom stereocenters. The lowest BCUT2D eigenvalue weighted by atomic mass is 9.85. The number of nitrogen functional groups attached to an aromatic ring is 1. The van der Waals surface area contributed by atoms with Crippen molar-refractivity contribution < 1.29 is 32.2 Å². The molecule has 42 heavy (non-hydrogen) atoms. The number of nitrogens with one attached hydrogen (secondary N) is 1. The third kappa shape index (κ3) is 6.48. The quantitative estimate of drug-likeness (QED) is 0.493. The summed E-state index contributed by atoms with van der Waals surface area (Å²) in [6, 6.07) is 3.30. The van der Waals surface area contributed by atoms with Crippen molar-refractivity contribution in [3.05, 3.63) is 76.9 Å². The average Bonchev–Trinajstić information content (AvgIpc) is 3.37. The maximum atomic E-state index is 14.1. The highest BCUT2D eigenvalue weighted by Crippen LogP contribution is 2.44. The van der Waals surface area contributed by atoms with Gasteiger partial charge in [-0.2, -0.15) is 13.2 Å². The number of morpholine rings is 1. The maximum absolute atomic E-state index is 14.1. The maximum Gasteiger partial charge on any atom is 0.419 e. The van der Waals surface area contributed by atoms with Crippen molar-refractivity contribution in [2.24, 2.45) is 16.8 Å². The highest BCUT2D eigenvalue weighted by atomic mass is 19.4. The minimum absolute atomic E-state index is 0.0723. The number of rotatable bonds is 6. The van der Waals surface area contributed by atoms with E-state index in [0.717, 1.165) is 6.08 Å². The van der Waals surface area contributed by atoms with Gasteiger partial charge in [-0.25, -0.2) is 4.98 Å². The lowest BCUT2D eigenvalue weighted by Gasteiger charge is -2.43. The van der Waals surface area contributed by atoms with E-state index in [0.29, 0.717) is 42.4 Å². The van der Waals surface area contributed by atoms with Crippen LogP contribution in [0.1, 0.15) is 25.8 Å². The van der Waals surface area contributed by atoms with Gasteiger partial charge < -0.3 is 25.4 Å². The second-order valence-corrected chi connectivity index (χ2v) is 11.1. The minimum Gasteiger partial charge on any atom is -0.463 e. The number of nitrogens with two attached hydrogens (primary N) is 1. The monoisotopic (exact) mass is 583 g/mol. The molecule has 4 aliphatic rings. The van der Waals surface area contributed by atoms with Gasteiger partial charge in [0.15, 0.2) is 0 Å². The summed E-state index contributed by atoms with van der Waals surface area (Å²) in [5.74, 6) is -1.27. The number of pyridine rings is 1. The highest BCUT2D eigenvalue weighted by Gasteiger charge is 2.43. The molecular formula is C30H32F3N5O4. The van der Waals surface area contributed by atoms with Gasteiger partial charge >= 0.3 is 6.18 Å². The molecule has 2 atom stereocenters. The van der Waals surface area contributed by atoms with Crippen LogP contribution in [-0.2, 0) is 19.1 Å². The summed E-state index contributed by atoms with van der Waals surface area (Å²) in [6.07, 6.45) is 5.97. The van der Waals surface area contributed by atoms with Crippen LogP contribution in [0.4, 0.5) is 19.0 Å². The SMILES string of the molecule is CC1(C)COCCN1C(=O)C1C=CC(C2=CC(C(F)(F)F)=C3OC(CNC(=O)C=Cc4ccc(N)nc4)=CC3C2)=NC1. The Hall–Kier alpha value is -4.19. The van der Waals surface area contributed by atoms with Gasteiger partial charge in [-0.3, -0.25) is 14.6 Å². The molecule has 0 bridgehead atoms. The van der Waals surface area contributed by atoms with Gasteiger partial charge in [0.2, 0.25) is 11.8 Å². The summed E-state index contributed by atoms with van der Waals surface area (Å²) in [4.78, 5) is 35.7. The zero-order valence-electron chi connectivity index (χ0n) is 23.3. The Kier molecular flexibility index (Phi) is 8.09. The number of carbonyl (C=O) groups is 2. The fourth-order valence-electron chi connectivity index (χ4n) is 5.27. The highest BCUT2D eigenvalue weighted by molar-refractivity contribution is 6.10. The lowest BCUT2D eigenvalue weighted by Crippen LogP contribution is -2.57. The van der Waals surface area contributed by atoms with Crippen molar-refractivity contribution in [2.45, 2.75) is 32.0 Å². The number of hydrogen-bond acceptors (Lipinski definition) is 7. The molecule has 0 spiro atoms. The number of anilines is 1. The zero-order chi connectivity index (χ0) is 30.1. The van der Waals surface area contributed by atoms with Crippen LogP contribution >= 0.6 is 0 Å². The number of alkyl halides is 3. The third-order valence-electron chi connectivity index (χ3n) is 7.47. The lowest BCUT2D eigenvalue weighted by molar-refractivity contribution is -0.148. The van der Waals surface area contributed by atoms with Gasteiger partial charge in [0.05, 0.1) is 49.0 Å². The summed E-state index contributed by atoms with van der Waals surface area (Å²) in [5.41, 5.74) is 5.71. The van der Waals surface area contributed by atoms with E-state index < -0.39 is 35.0 Å². The number of carbonyl (C=O) groups excluding carboxylic acids is 2. The molecule has 1 saturated heterocycles. The van der Waals surface area contributed by atoms with Crippen molar-refractivity contribution in [3.63, 3.8) is 0 Å². The van der Waals surface area contributed by atoms with Crippen molar-refractivity contribution in [1.82, 2.24) is 15.2 Å². The van der Waals surface area contributed by atoms with E-state index in [-0.39, 0.29) is 36.9 Å². The minimum atomic E-state index is -4.65. The predicted molar refractivity (Wildman–Crippen MR) is 151 cm³/mol. The number of amides is 2. The molecule has 4 heterocycles. The van der Waals surface area contributed by atoms with Crippen LogP contribution in [0.15, 0.2) is 76.4 Å². The summed E-state index contributed by atoms with van der Waals surface area (Å²) in [6.45, 7) is 5.33. The molecule has 12 heteroatoms. The number of nitrogens with zero attached hydrogens (tertiary/aromatic N) is 3. The van der Waals surface area contributed by atoms with Crippen LogP contribution in [0.3, 0.4) is 0 Å². The van der Waals surface area contributed by atoms with Crippen LogP contribution in [0.5, 0.6) is 0 Å². The number of aliphatic imine (C=N–C) groups is 1. The van der Waals surface area contributed by atoms with Gasteiger partial charge in [0.25, 0.3) is 0 Å². The second-order valence-electron chi connectivity index (χ2n) is 11.1. The Morgan fingerprint density at radius 3 is 2.76 bits per heavy atom. The summed E-state index contributed by atoms with van der Waals surface area (Å²) in [7, 11) is 0. The normalized spacial score (nSPS) is 23.6. The molecule has 2 amide bonds. The van der Waals surface area contributed by atoms with E-state index in [2.05, 4.69) is 15.3 Å². The van der Waals surface area contributed by atoms with Crippen LogP contribution in [0, 0.1) is 11.8 Å². The van der Waals surface area contributed by atoms with E-state index in [1.54, 1.807) is 41.3 Å². The number of allylic oxidation sites excluding steroid dienone is 5. The first kappa shape index (κ1) is 29.3. The van der Waals surface area contributed by atoms with Crippen LogP contribution in [0.2, 0.25) is 0 Å². The molecule has 9 nitrogen and oxygen atoms in total. The van der Waals surface area contributed by atoms with Crippen molar-refractivity contribution >= 4 is 29.4 Å². The second kappa shape index (κ2) is 11.6. The first-order valence-electron chi connectivity index (χ1n) is 13.6. The zero-order valence-corrected chi connectivity index (χ0v) is 23.3. The molecule has 0 radical (unpaired) electrons. The van der Waals surface area contributed by atoms with E-state index >= 15 is 0 Å². The largest absolute Gasteiger partial charge is 0.463 e. The number of hydrogen-bond donors (Lipinski definition) is 2. The number of dihydropyridines is 1. The molecule has 3 aliphatic heterocycles. The van der Waals surface area contributed by atoms with Gasteiger partial charge in [-0.1, -0.05) is 6.08 Å². The number of fused-ring (bicyclic) bond motifs is 1. The first-order chi connectivity index (χ1) is 19.9. The Bertz CT molecular complexity index is 1440. The molecule has 0 saturated carbocycles. The first-order valence-corrected chi connectivity index (χ1v) is 13.6. The molecule has 1 aliphatic carbocycles. The fourth-order valence-corrected chi connectivity index (χ4v) is 5.27. The van der Waals surface area contributed by atoms with Gasteiger partial charge in [0, 0.05) is 24.7 Å².